The number of nitrogens with zero attached hydrogens (tertiary/aromatic N) is 4. The highest BCUT2D eigenvalue weighted by Crippen LogP contribution is 2.27. The monoisotopic (exact) mass is 380 g/mol. The number of imidazole rings is 1. The molecule has 4 rings (SSSR count). The number of aromatic nitrogens is 3. The maximum absolute atomic E-state index is 12.7. The Bertz CT molecular complexity index is 859. The second-order valence-corrected chi connectivity index (χ2v) is 7.82. The van der Waals surface area contributed by atoms with E-state index in [0.717, 1.165) is 50.4 Å². The third-order valence-corrected chi connectivity index (χ3v) is 5.89. The molecule has 27 heavy (non-hydrogen) atoms. The summed E-state index contributed by atoms with van der Waals surface area (Å²) in [5, 5.41) is 4.19. The summed E-state index contributed by atoms with van der Waals surface area (Å²) >= 11 is 1.69. The van der Waals surface area contributed by atoms with Gasteiger partial charge in [0.05, 0.1) is 12.2 Å². The molecule has 0 radical (unpaired) electrons. The first-order valence-corrected chi connectivity index (χ1v) is 10.4. The number of rotatable bonds is 6. The number of aryl methyl sites for hydroxylation is 1. The van der Waals surface area contributed by atoms with Crippen LogP contribution in [0.15, 0.2) is 53.6 Å². The van der Waals surface area contributed by atoms with Crippen molar-refractivity contribution in [2.75, 3.05) is 13.1 Å². The van der Waals surface area contributed by atoms with Gasteiger partial charge in [-0.25, -0.2) is 4.98 Å². The van der Waals surface area contributed by atoms with Gasteiger partial charge >= 0.3 is 0 Å². The van der Waals surface area contributed by atoms with E-state index in [2.05, 4.69) is 31.4 Å². The van der Waals surface area contributed by atoms with Crippen molar-refractivity contribution < 1.29 is 4.79 Å². The average molecular weight is 381 g/mol. The van der Waals surface area contributed by atoms with Crippen LogP contribution in [0, 0.1) is 0 Å². The summed E-state index contributed by atoms with van der Waals surface area (Å²) in [7, 11) is 0. The van der Waals surface area contributed by atoms with E-state index in [9.17, 15) is 4.79 Å². The molecule has 0 spiro atoms. The summed E-state index contributed by atoms with van der Waals surface area (Å²) in [4.78, 5) is 23.7. The lowest BCUT2D eigenvalue weighted by atomic mass is 9.96. The molecule has 1 amide bonds. The number of carbonyl (C=O) groups is 1. The Morgan fingerprint density at radius 2 is 2.19 bits per heavy atom. The van der Waals surface area contributed by atoms with Gasteiger partial charge in [-0.3, -0.25) is 9.78 Å². The molecule has 5 nitrogen and oxygen atoms in total. The molecule has 0 N–H and O–H groups in total. The van der Waals surface area contributed by atoms with Crippen LogP contribution in [0.1, 0.15) is 42.3 Å². The standard InChI is InChI=1S/C21H24N4OS/c26-20(7-6-17-8-13-27-16-17)24-11-3-4-18(14-24)21-23-10-12-25(21)15-19-5-1-2-9-22-19/h1-2,5,8-10,12-13,16,18H,3-4,6-7,11,14-15H2/t18-/m1/s1. The lowest BCUT2D eigenvalue weighted by Crippen LogP contribution is -2.39. The SMILES string of the molecule is O=C(CCc1ccsc1)N1CCC[C@@H](c2nccn2Cc2ccccn2)C1. The molecular formula is C21H24N4OS. The van der Waals surface area contributed by atoms with Gasteiger partial charge in [0.2, 0.25) is 5.91 Å². The first kappa shape index (κ1) is 17.9. The molecule has 0 saturated carbocycles. The molecule has 0 bridgehead atoms. The molecule has 0 aliphatic carbocycles. The van der Waals surface area contributed by atoms with Gasteiger partial charge < -0.3 is 9.47 Å². The topological polar surface area (TPSA) is 51.0 Å². The zero-order valence-electron chi connectivity index (χ0n) is 15.3. The van der Waals surface area contributed by atoms with Gasteiger partial charge in [0.1, 0.15) is 5.82 Å². The molecular weight excluding hydrogens is 356 g/mol. The highest BCUT2D eigenvalue weighted by atomic mass is 32.1. The Labute approximate surface area is 163 Å². The second-order valence-electron chi connectivity index (χ2n) is 7.04. The minimum Gasteiger partial charge on any atom is -0.342 e. The number of thiophene rings is 1. The lowest BCUT2D eigenvalue weighted by Gasteiger charge is -2.32. The fourth-order valence-electron chi connectivity index (χ4n) is 3.74. The van der Waals surface area contributed by atoms with E-state index in [1.165, 1.54) is 5.56 Å². The van der Waals surface area contributed by atoms with E-state index in [4.69, 9.17) is 0 Å². The van der Waals surface area contributed by atoms with Crippen LogP contribution in [-0.2, 0) is 17.8 Å². The molecule has 3 aromatic heterocycles. The normalized spacial score (nSPS) is 17.2. The summed E-state index contributed by atoms with van der Waals surface area (Å²) in [6.07, 6.45) is 9.22. The van der Waals surface area contributed by atoms with Crippen LogP contribution in [0.2, 0.25) is 0 Å². The first-order chi connectivity index (χ1) is 13.3. The zero-order chi connectivity index (χ0) is 18.5. The number of amides is 1. The Kier molecular flexibility index (Phi) is 5.63. The Morgan fingerprint density at radius 3 is 3.00 bits per heavy atom. The molecule has 1 saturated heterocycles. The van der Waals surface area contributed by atoms with Gasteiger partial charge in [-0.2, -0.15) is 11.3 Å². The van der Waals surface area contributed by atoms with Crippen molar-refractivity contribution in [1.29, 1.82) is 0 Å². The maximum Gasteiger partial charge on any atom is 0.222 e. The molecule has 6 heteroatoms. The van der Waals surface area contributed by atoms with Gasteiger partial charge in [0.25, 0.3) is 0 Å². The van der Waals surface area contributed by atoms with Crippen LogP contribution in [0.25, 0.3) is 0 Å². The third-order valence-electron chi connectivity index (χ3n) is 5.15. The smallest absolute Gasteiger partial charge is 0.222 e. The van der Waals surface area contributed by atoms with Crippen LogP contribution in [0.5, 0.6) is 0 Å². The first-order valence-electron chi connectivity index (χ1n) is 9.49. The quantitative estimate of drug-likeness (QED) is 0.655. The summed E-state index contributed by atoms with van der Waals surface area (Å²) in [5.74, 6) is 1.62. The minimum atomic E-state index is 0.258. The van der Waals surface area contributed by atoms with Crippen LogP contribution in [0.4, 0.5) is 0 Å². The highest BCUT2D eigenvalue weighted by molar-refractivity contribution is 7.07. The highest BCUT2D eigenvalue weighted by Gasteiger charge is 2.27. The van der Waals surface area contributed by atoms with Gasteiger partial charge in [-0.05, 0) is 53.8 Å². The van der Waals surface area contributed by atoms with Gasteiger partial charge in [0.15, 0.2) is 0 Å². The molecule has 4 heterocycles. The van der Waals surface area contributed by atoms with E-state index in [1.54, 1.807) is 11.3 Å². The van der Waals surface area contributed by atoms with Crippen LogP contribution < -0.4 is 0 Å². The van der Waals surface area contributed by atoms with Crippen molar-refractivity contribution >= 4 is 17.2 Å². The molecule has 140 valence electrons. The Hall–Kier alpha value is -2.47. The van der Waals surface area contributed by atoms with Crippen molar-refractivity contribution in [2.45, 2.75) is 38.1 Å². The van der Waals surface area contributed by atoms with Crippen LogP contribution >= 0.6 is 11.3 Å². The van der Waals surface area contributed by atoms with Crippen LogP contribution in [0.3, 0.4) is 0 Å². The average Bonchev–Trinajstić information content (AvgIpc) is 3.39. The van der Waals surface area contributed by atoms with Gasteiger partial charge in [-0.1, -0.05) is 6.07 Å². The Morgan fingerprint density at radius 1 is 1.22 bits per heavy atom. The molecule has 1 fully saturated rings. The van der Waals surface area contributed by atoms with E-state index in [-0.39, 0.29) is 5.91 Å². The molecule has 1 aliphatic heterocycles. The summed E-state index contributed by atoms with van der Waals surface area (Å²) < 4.78 is 2.17. The molecule has 0 aromatic carbocycles. The third kappa shape index (κ3) is 4.45. The minimum absolute atomic E-state index is 0.258. The molecule has 1 aliphatic rings. The van der Waals surface area contributed by atoms with Crippen molar-refractivity contribution in [2.24, 2.45) is 0 Å². The number of likely N-dealkylation sites (tertiary alicyclic amines) is 1. The number of hydrogen-bond acceptors (Lipinski definition) is 4. The maximum atomic E-state index is 12.7. The van der Waals surface area contributed by atoms with E-state index >= 15 is 0 Å². The number of hydrogen-bond donors (Lipinski definition) is 0. The predicted molar refractivity (Wildman–Crippen MR) is 107 cm³/mol. The van der Waals surface area contributed by atoms with Gasteiger partial charge in [-0.15, -0.1) is 0 Å². The predicted octanol–water partition coefficient (Wildman–Crippen LogP) is 3.73. The van der Waals surface area contributed by atoms with Crippen LogP contribution in [-0.4, -0.2) is 38.4 Å². The second kappa shape index (κ2) is 8.48. The summed E-state index contributed by atoms with van der Waals surface area (Å²) in [6, 6.07) is 8.07. The van der Waals surface area contributed by atoms with E-state index < -0.39 is 0 Å². The lowest BCUT2D eigenvalue weighted by molar-refractivity contribution is -0.132. The number of pyridine rings is 1. The summed E-state index contributed by atoms with van der Waals surface area (Å²) in [5.41, 5.74) is 2.28. The van der Waals surface area contributed by atoms with Gasteiger partial charge in [0, 0.05) is 44.0 Å². The molecule has 1 atom stereocenters. The zero-order valence-corrected chi connectivity index (χ0v) is 16.1. The fraction of sp³-hybridized carbons (Fsp3) is 0.381. The van der Waals surface area contributed by atoms with E-state index in [0.29, 0.717) is 12.3 Å². The van der Waals surface area contributed by atoms with Crippen molar-refractivity contribution in [3.8, 4) is 0 Å². The largest absolute Gasteiger partial charge is 0.342 e. The number of piperidine rings is 1. The molecule has 3 aromatic rings. The van der Waals surface area contributed by atoms with Crippen molar-refractivity contribution in [3.05, 3.63) is 70.7 Å². The Balaban J connectivity index is 1.40. The summed E-state index contributed by atoms with van der Waals surface area (Å²) in [6.45, 7) is 2.35. The fourth-order valence-corrected chi connectivity index (χ4v) is 4.44. The van der Waals surface area contributed by atoms with Crippen molar-refractivity contribution in [3.63, 3.8) is 0 Å². The number of carbonyl (C=O) groups excluding carboxylic acids is 1. The van der Waals surface area contributed by atoms with E-state index in [1.807, 2.05) is 41.7 Å². The van der Waals surface area contributed by atoms with Crippen molar-refractivity contribution in [1.82, 2.24) is 19.4 Å². The molecule has 0 unspecified atom stereocenters.